The molecule has 1 N–H and O–H groups in total. The van der Waals surface area contributed by atoms with Crippen LogP contribution in [0.5, 0.6) is 0 Å². The molecule has 2 saturated heterocycles. The maximum absolute atomic E-state index is 9.09. The molecule has 0 spiro atoms. The summed E-state index contributed by atoms with van der Waals surface area (Å²) in [6.45, 7) is 6.82. The van der Waals surface area contributed by atoms with E-state index in [1.54, 1.807) is 0 Å². The summed E-state index contributed by atoms with van der Waals surface area (Å²) in [4.78, 5) is 4.85. The Kier molecular flexibility index (Phi) is 5.71. The van der Waals surface area contributed by atoms with E-state index in [2.05, 4.69) is 9.80 Å². The van der Waals surface area contributed by atoms with Gasteiger partial charge in [-0.15, -0.1) is 0 Å². The number of aliphatic hydroxyl groups is 1. The lowest BCUT2D eigenvalue weighted by Gasteiger charge is -2.27. The van der Waals surface area contributed by atoms with E-state index in [1.807, 2.05) is 0 Å². The molecular weight excluding hydrogens is 216 g/mol. The zero-order valence-corrected chi connectivity index (χ0v) is 10.8. The Labute approximate surface area is 105 Å². The van der Waals surface area contributed by atoms with Gasteiger partial charge in [0.1, 0.15) is 6.23 Å². The Bertz CT molecular complexity index is 202. The van der Waals surface area contributed by atoms with Crippen LogP contribution >= 0.6 is 0 Å². The third-order valence-electron chi connectivity index (χ3n) is 3.84. The molecule has 2 aliphatic rings. The van der Waals surface area contributed by atoms with Crippen molar-refractivity contribution in [3.05, 3.63) is 0 Å². The van der Waals surface area contributed by atoms with Gasteiger partial charge in [-0.05, 0) is 38.8 Å². The Hall–Kier alpha value is -0.160. The van der Waals surface area contributed by atoms with Crippen LogP contribution in [0.25, 0.3) is 0 Å². The van der Waals surface area contributed by atoms with Crippen molar-refractivity contribution < 1.29 is 9.84 Å². The fourth-order valence-electron chi connectivity index (χ4n) is 2.84. The predicted octanol–water partition coefficient (Wildman–Crippen LogP) is 0.903. The van der Waals surface area contributed by atoms with E-state index in [4.69, 9.17) is 9.84 Å². The molecular formula is C13H26N2O2. The van der Waals surface area contributed by atoms with Gasteiger partial charge in [-0.2, -0.15) is 0 Å². The molecule has 2 heterocycles. The normalized spacial score (nSPS) is 24.5. The van der Waals surface area contributed by atoms with Gasteiger partial charge in [-0.25, -0.2) is 0 Å². The molecule has 17 heavy (non-hydrogen) atoms. The topological polar surface area (TPSA) is 35.9 Å². The molecule has 100 valence electrons. The van der Waals surface area contributed by atoms with Crippen LogP contribution in [0.3, 0.4) is 0 Å². The molecule has 2 rings (SSSR count). The van der Waals surface area contributed by atoms with Gasteiger partial charge in [0.15, 0.2) is 0 Å². The number of hydrogen-bond donors (Lipinski definition) is 1. The summed E-state index contributed by atoms with van der Waals surface area (Å²) in [7, 11) is 0. The van der Waals surface area contributed by atoms with E-state index in [-0.39, 0.29) is 12.8 Å². The van der Waals surface area contributed by atoms with Crippen LogP contribution in [0.1, 0.15) is 32.1 Å². The zero-order valence-electron chi connectivity index (χ0n) is 10.8. The van der Waals surface area contributed by atoms with Crippen LogP contribution in [0, 0.1) is 0 Å². The molecule has 0 aromatic rings. The minimum absolute atomic E-state index is 0.144. The van der Waals surface area contributed by atoms with Crippen molar-refractivity contribution in [3.8, 4) is 0 Å². The van der Waals surface area contributed by atoms with Crippen LogP contribution in [-0.4, -0.2) is 67.1 Å². The van der Waals surface area contributed by atoms with Gasteiger partial charge < -0.3 is 14.7 Å². The van der Waals surface area contributed by atoms with E-state index in [0.717, 1.165) is 32.7 Å². The van der Waals surface area contributed by atoms with Crippen molar-refractivity contribution in [3.63, 3.8) is 0 Å². The number of likely N-dealkylation sites (tertiary alicyclic amines) is 2. The smallest absolute Gasteiger partial charge is 0.112 e. The molecule has 0 amide bonds. The number of hydrogen-bond acceptors (Lipinski definition) is 4. The van der Waals surface area contributed by atoms with Crippen molar-refractivity contribution in [1.82, 2.24) is 9.80 Å². The standard InChI is InChI=1S/C13H26N2O2/c16-11-5-13(15-8-3-4-9-15)17-12-10-14-6-1-2-7-14/h13,16H,1-12H2. The largest absolute Gasteiger partial charge is 0.396 e. The third kappa shape index (κ3) is 4.21. The van der Waals surface area contributed by atoms with Gasteiger partial charge in [0.2, 0.25) is 0 Å². The average Bonchev–Trinajstić information content (AvgIpc) is 3.01. The molecule has 0 radical (unpaired) electrons. The number of nitrogens with zero attached hydrogens (tertiary/aromatic N) is 2. The maximum atomic E-state index is 9.09. The third-order valence-corrected chi connectivity index (χ3v) is 3.84. The summed E-state index contributed by atoms with van der Waals surface area (Å²) in [5.41, 5.74) is 0. The second-order valence-corrected chi connectivity index (χ2v) is 5.13. The second kappa shape index (κ2) is 7.31. The predicted molar refractivity (Wildman–Crippen MR) is 67.9 cm³/mol. The Morgan fingerprint density at radius 3 is 2.29 bits per heavy atom. The molecule has 2 aliphatic heterocycles. The van der Waals surface area contributed by atoms with E-state index >= 15 is 0 Å². The Morgan fingerprint density at radius 1 is 1.00 bits per heavy atom. The molecule has 1 unspecified atom stereocenters. The fourth-order valence-corrected chi connectivity index (χ4v) is 2.84. The van der Waals surface area contributed by atoms with Gasteiger partial charge in [0, 0.05) is 32.7 Å². The van der Waals surface area contributed by atoms with Gasteiger partial charge in [0.25, 0.3) is 0 Å². The summed E-state index contributed by atoms with van der Waals surface area (Å²) < 4.78 is 5.95. The molecule has 1 atom stereocenters. The highest BCUT2D eigenvalue weighted by Crippen LogP contribution is 2.15. The summed E-state index contributed by atoms with van der Waals surface area (Å²) >= 11 is 0. The van der Waals surface area contributed by atoms with Crippen molar-refractivity contribution in [1.29, 1.82) is 0 Å². The SMILES string of the molecule is OCCC(OCCN1CCCC1)N1CCCC1. The van der Waals surface area contributed by atoms with E-state index in [1.165, 1.54) is 38.8 Å². The summed E-state index contributed by atoms with van der Waals surface area (Å²) in [6, 6.07) is 0. The zero-order chi connectivity index (χ0) is 11.9. The maximum Gasteiger partial charge on any atom is 0.112 e. The van der Waals surface area contributed by atoms with Crippen LogP contribution in [0.4, 0.5) is 0 Å². The lowest BCUT2D eigenvalue weighted by atomic mass is 10.3. The van der Waals surface area contributed by atoms with Crippen molar-refractivity contribution >= 4 is 0 Å². The molecule has 4 nitrogen and oxygen atoms in total. The summed E-state index contributed by atoms with van der Waals surface area (Å²) in [5.74, 6) is 0. The number of aliphatic hydroxyl groups excluding tert-OH is 1. The molecule has 0 aromatic carbocycles. The highest BCUT2D eigenvalue weighted by Gasteiger charge is 2.22. The van der Waals surface area contributed by atoms with Gasteiger partial charge in [-0.1, -0.05) is 0 Å². The number of rotatable bonds is 7. The van der Waals surface area contributed by atoms with E-state index < -0.39 is 0 Å². The van der Waals surface area contributed by atoms with Crippen LogP contribution in [-0.2, 0) is 4.74 Å². The first-order valence-electron chi connectivity index (χ1n) is 7.09. The van der Waals surface area contributed by atoms with Gasteiger partial charge >= 0.3 is 0 Å². The Balaban J connectivity index is 1.65. The monoisotopic (exact) mass is 242 g/mol. The van der Waals surface area contributed by atoms with Crippen molar-refractivity contribution in [2.24, 2.45) is 0 Å². The van der Waals surface area contributed by atoms with Crippen LogP contribution < -0.4 is 0 Å². The highest BCUT2D eigenvalue weighted by molar-refractivity contribution is 4.71. The quantitative estimate of drug-likeness (QED) is 0.719. The van der Waals surface area contributed by atoms with E-state index in [9.17, 15) is 0 Å². The fraction of sp³-hybridized carbons (Fsp3) is 1.00. The number of ether oxygens (including phenoxy) is 1. The van der Waals surface area contributed by atoms with Gasteiger partial charge in [-0.3, -0.25) is 4.90 Å². The first kappa shape index (κ1) is 13.3. The van der Waals surface area contributed by atoms with E-state index in [0.29, 0.717) is 0 Å². The lowest BCUT2D eigenvalue weighted by Crippen LogP contribution is -2.37. The molecule has 0 aromatic heterocycles. The molecule has 0 aliphatic carbocycles. The summed E-state index contributed by atoms with van der Waals surface area (Å²) in [5, 5.41) is 9.09. The highest BCUT2D eigenvalue weighted by atomic mass is 16.5. The summed E-state index contributed by atoms with van der Waals surface area (Å²) in [6.07, 6.45) is 6.12. The first-order valence-corrected chi connectivity index (χ1v) is 7.09. The van der Waals surface area contributed by atoms with Crippen molar-refractivity contribution in [2.45, 2.75) is 38.3 Å². The molecule has 4 heteroatoms. The van der Waals surface area contributed by atoms with Crippen LogP contribution in [0.2, 0.25) is 0 Å². The minimum atomic E-state index is 0.144. The molecule has 2 fully saturated rings. The average molecular weight is 242 g/mol. The molecule has 0 bridgehead atoms. The second-order valence-electron chi connectivity index (χ2n) is 5.13. The Morgan fingerprint density at radius 2 is 1.65 bits per heavy atom. The molecule has 0 saturated carbocycles. The minimum Gasteiger partial charge on any atom is -0.396 e. The lowest BCUT2D eigenvalue weighted by molar-refractivity contribution is -0.0649. The van der Waals surface area contributed by atoms with Gasteiger partial charge in [0.05, 0.1) is 6.61 Å². The van der Waals surface area contributed by atoms with Crippen LogP contribution in [0.15, 0.2) is 0 Å². The first-order chi connectivity index (χ1) is 8.40. The van der Waals surface area contributed by atoms with Crippen molar-refractivity contribution in [2.75, 3.05) is 45.9 Å².